The van der Waals surface area contributed by atoms with E-state index in [0.717, 1.165) is 36.4 Å². The van der Waals surface area contributed by atoms with E-state index >= 15 is 0 Å². The number of nitrogens with zero attached hydrogens (tertiary/aromatic N) is 3. The summed E-state index contributed by atoms with van der Waals surface area (Å²) in [7, 11) is -3.54. The predicted molar refractivity (Wildman–Crippen MR) is 127 cm³/mol. The van der Waals surface area contributed by atoms with Crippen LogP contribution >= 0.6 is 0 Å². The van der Waals surface area contributed by atoms with Crippen molar-refractivity contribution in [2.45, 2.75) is 36.7 Å². The zero-order valence-electron chi connectivity index (χ0n) is 19.4. The number of rotatable bonds is 5. The molecule has 182 valence electrons. The summed E-state index contributed by atoms with van der Waals surface area (Å²) in [5.41, 5.74) is 1.14. The van der Waals surface area contributed by atoms with E-state index in [1.807, 2.05) is 19.1 Å². The van der Waals surface area contributed by atoms with Crippen LogP contribution in [0.15, 0.2) is 53.4 Å². The zero-order valence-corrected chi connectivity index (χ0v) is 20.2. The second-order valence-corrected chi connectivity index (χ2v) is 11.0. The third kappa shape index (κ3) is 4.39. The fourth-order valence-corrected chi connectivity index (χ4v) is 6.62. The van der Waals surface area contributed by atoms with Gasteiger partial charge in [0.15, 0.2) is 11.5 Å². The van der Waals surface area contributed by atoms with E-state index in [-0.39, 0.29) is 18.0 Å². The summed E-state index contributed by atoms with van der Waals surface area (Å²) in [6, 6.07) is 14.4. The van der Waals surface area contributed by atoms with Gasteiger partial charge in [0.05, 0.1) is 10.9 Å². The van der Waals surface area contributed by atoms with E-state index in [2.05, 4.69) is 11.0 Å². The second kappa shape index (κ2) is 9.56. The number of hydrogen-bond donors (Lipinski definition) is 0. The standard InChI is InChI=1S/C25H31N3O5S/c1-19(28-11-5-8-22(28)20-9-10-23-24(18-20)33-17-16-32-23)25(29)26-12-14-27(15-13-26)34(30,31)21-6-3-2-4-7-21/h2-4,6-7,9-10,18-19,22H,5,8,11-17H2,1H3. The Labute approximate surface area is 201 Å². The van der Waals surface area contributed by atoms with Crippen molar-refractivity contribution >= 4 is 15.9 Å². The Kier molecular flexibility index (Phi) is 6.50. The largest absolute Gasteiger partial charge is 0.486 e. The molecule has 3 heterocycles. The van der Waals surface area contributed by atoms with E-state index in [9.17, 15) is 13.2 Å². The minimum absolute atomic E-state index is 0.0567. The number of piperazine rings is 1. The highest BCUT2D eigenvalue weighted by Crippen LogP contribution is 2.39. The molecule has 3 aliphatic rings. The van der Waals surface area contributed by atoms with Crippen molar-refractivity contribution in [2.75, 3.05) is 45.9 Å². The van der Waals surface area contributed by atoms with Crippen LogP contribution in [0, 0.1) is 0 Å². The summed E-state index contributed by atoms with van der Waals surface area (Å²) in [6.45, 7) is 5.34. The van der Waals surface area contributed by atoms with Crippen molar-refractivity contribution in [3.8, 4) is 11.5 Å². The van der Waals surface area contributed by atoms with Gasteiger partial charge in [-0.2, -0.15) is 4.31 Å². The summed E-state index contributed by atoms with van der Waals surface area (Å²) in [5.74, 6) is 1.60. The van der Waals surface area contributed by atoms with Crippen LogP contribution in [0.2, 0.25) is 0 Å². The molecule has 2 aromatic carbocycles. The molecule has 34 heavy (non-hydrogen) atoms. The lowest BCUT2D eigenvalue weighted by Gasteiger charge is -2.38. The lowest BCUT2D eigenvalue weighted by atomic mass is 10.0. The summed E-state index contributed by atoms with van der Waals surface area (Å²) >= 11 is 0. The van der Waals surface area contributed by atoms with Gasteiger partial charge in [-0.05, 0) is 56.1 Å². The van der Waals surface area contributed by atoms with E-state index in [4.69, 9.17) is 9.47 Å². The Hall–Kier alpha value is -2.62. The Morgan fingerprint density at radius 2 is 1.65 bits per heavy atom. The van der Waals surface area contributed by atoms with Gasteiger partial charge in [-0.3, -0.25) is 9.69 Å². The molecule has 5 rings (SSSR count). The molecule has 2 atom stereocenters. The van der Waals surface area contributed by atoms with Crippen LogP contribution in [0.25, 0.3) is 0 Å². The number of fused-ring (bicyclic) bond motifs is 1. The van der Waals surface area contributed by atoms with E-state index in [1.165, 1.54) is 4.31 Å². The smallest absolute Gasteiger partial charge is 0.243 e. The van der Waals surface area contributed by atoms with Crippen molar-refractivity contribution in [3.63, 3.8) is 0 Å². The SMILES string of the molecule is CC(C(=O)N1CCN(S(=O)(=O)c2ccccc2)CC1)N1CCCC1c1ccc2c(c1)OCCO2. The average molecular weight is 486 g/mol. The molecule has 1 amide bonds. The topological polar surface area (TPSA) is 79.4 Å². The minimum Gasteiger partial charge on any atom is -0.486 e. The zero-order chi connectivity index (χ0) is 23.7. The van der Waals surface area contributed by atoms with Crippen molar-refractivity contribution in [1.29, 1.82) is 0 Å². The first-order valence-electron chi connectivity index (χ1n) is 11.9. The van der Waals surface area contributed by atoms with Gasteiger partial charge in [0.25, 0.3) is 0 Å². The Morgan fingerprint density at radius 3 is 2.38 bits per heavy atom. The van der Waals surface area contributed by atoms with E-state index in [1.54, 1.807) is 35.2 Å². The highest BCUT2D eigenvalue weighted by molar-refractivity contribution is 7.89. The first kappa shape index (κ1) is 23.1. The number of likely N-dealkylation sites (tertiary alicyclic amines) is 1. The van der Waals surface area contributed by atoms with Gasteiger partial charge in [-0.15, -0.1) is 0 Å². The van der Waals surface area contributed by atoms with Gasteiger partial charge in [-0.1, -0.05) is 24.3 Å². The Balaban J connectivity index is 1.24. The maximum atomic E-state index is 13.4. The van der Waals surface area contributed by atoms with Crippen LogP contribution < -0.4 is 9.47 Å². The number of benzene rings is 2. The fraction of sp³-hybridized carbons (Fsp3) is 0.480. The number of sulfonamides is 1. The normalized spacial score (nSPS) is 22.5. The predicted octanol–water partition coefficient (Wildman–Crippen LogP) is 2.52. The van der Waals surface area contributed by atoms with Crippen LogP contribution in [-0.2, 0) is 14.8 Å². The number of ether oxygens (including phenoxy) is 2. The molecule has 3 aliphatic heterocycles. The van der Waals surface area contributed by atoms with Gasteiger partial charge in [0, 0.05) is 32.2 Å². The number of hydrogen-bond acceptors (Lipinski definition) is 6. The lowest BCUT2D eigenvalue weighted by molar-refractivity contribution is -0.138. The summed E-state index contributed by atoms with van der Waals surface area (Å²) in [5, 5.41) is 0. The van der Waals surface area contributed by atoms with Gasteiger partial charge >= 0.3 is 0 Å². The molecule has 0 spiro atoms. The summed E-state index contributed by atoms with van der Waals surface area (Å²) in [6.07, 6.45) is 2.01. The summed E-state index contributed by atoms with van der Waals surface area (Å²) < 4.78 is 38.7. The molecule has 0 N–H and O–H groups in total. The number of amides is 1. The van der Waals surface area contributed by atoms with Crippen LogP contribution in [0.4, 0.5) is 0 Å². The highest BCUT2D eigenvalue weighted by Gasteiger charge is 2.37. The highest BCUT2D eigenvalue weighted by atomic mass is 32.2. The molecule has 8 nitrogen and oxygen atoms in total. The molecule has 2 fully saturated rings. The maximum Gasteiger partial charge on any atom is 0.243 e. The Bertz CT molecular complexity index is 1130. The first-order valence-corrected chi connectivity index (χ1v) is 13.4. The second-order valence-electron chi connectivity index (χ2n) is 9.02. The molecular weight excluding hydrogens is 454 g/mol. The molecule has 2 saturated heterocycles. The van der Waals surface area contributed by atoms with Crippen molar-refractivity contribution in [3.05, 3.63) is 54.1 Å². The van der Waals surface area contributed by atoms with Gasteiger partial charge in [0.1, 0.15) is 13.2 Å². The molecule has 2 unspecified atom stereocenters. The third-order valence-corrected chi connectivity index (χ3v) is 8.94. The lowest BCUT2D eigenvalue weighted by Crippen LogP contribution is -2.55. The van der Waals surface area contributed by atoms with Crippen molar-refractivity contribution in [2.24, 2.45) is 0 Å². The molecule has 0 aromatic heterocycles. The van der Waals surface area contributed by atoms with Gasteiger partial charge in [0.2, 0.25) is 15.9 Å². The molecule has 0 aliphatic carbocycles. The van der Waals surface area contributed by atoms with Crippen LogP contribution in [0.3, 0.4) is 0 Å². The fourth-order valence-electron chi connectivity index (χ4n) is 5.17. The van der Waals surface area contributed by atoms with Gasteiger partial charge in [-0.25, -0.2) is 8.42 Å². The monoisotopic (exact) mass is 485 g/mol. The van der Waals surface area contributed by atoms with E-state index < -0.39 is 10.0 Å². The van der Waals surface area contributed by atoms with Crippen molar-refractivity contribution in [1.82, 2.24) is 14.1 Å². The first-order chi connectivity index (χ1) is 16.4. The third-order valence-electron chi connectivity index (χ3n) is 7.03. The Morgan fingerprint density at radius 1 is 0.941 bits per heavy atom. The summed E-state index contributed by atoms with van der Waals surface area (Å²) in [4.78, 5) is 17.8. The maximum absolute atomic E-state index is 13.4. The molecular formula is C25H31N3O5S. The number of carbonyl (C=O) groups excluding carboxylic acids is 1. The van der Waals surface area contributed by atoms with Crippen LogP contribution in [0.1, 0.15) is 31.4 Å². The number of carbonyl (C=O) groups is 1. The molecule has 2 aromatic rings. The van der Waals surface area contributed by atoms with Crippen LogP contribution in [0.5, 0.6) is 11.5 Å². The van der Waals surface area contributed by atoms with Gasteiger partial charge < -0.3 is 14.4 Å². The minimum atomic E-state index is -3.54. The molecule has 9 heteroatoms. The molecule has 0 radical (unpaired) electrons. The van der Waals surface area contributed by atoms with Crippen molar-refractivity contribution < 1.29 is 22.7 Å². The average Bonchev–Trinajstić information content (AvgIpc) is 3.38. The van der Waals surface area contributed by atoms with E-state index in [0.29, 0.717) is 44.3 Å². The quantitative estimate of drug-likeness (QED) is 0.648. The molecule has 0 bridgehead atoms. The molecule has 0 saturated carbocycles. The van der Waals surface area contributed by atoms with Crippen LogP contribution in [-0.4, -0.2) is 80.4 Å².